The van der Waals surface area contributed by atoms with Crippen LogP contribution in [0, 0.1) is 5.92 Å². The third-order valence-corrected chi connectivity index (χ3v) is 8.40. The minimum Gasteiger partial charge on any atom is -0.406 e. The molecule has 4 rings (SSSR count). The molecule has 0 aromatic heterocycles. The van der Waals surface area contributed by atoms with E-state index in [4.69, 9.17) is 0 Å². The Labute approximate surface area is 197 Å². The molecule has 0 spiro atoms. The smallest absolute Gasteiger partial charge is 0.406 e. The number of piperidine rings is 1. The fraction of sp³-hybridized carbons (Fsp3) is 0.458. The van der Waals surface area contributed by atoms with Crippen LogP contribution in [0.25, 0.3) is 0 Å². The fourth-order valence-corrected chi connectivity index (χ4v) is 6.11. The molecule has 2 aromatic carbocycles. The number of amides is 1. The summed E-state index contributed by atoms with van der Waals surface area (Å²) in [6.45, 7) is 2.26. The second-order valence-corrected chi connectivity index (χ2v) is 10.7. The molecule has 1 heterocycles. The molecule has 184 valence electrons. The molecule has 2 aromatic rings. The van der Waals surface area contributed by atoms with Crippen molar-refractivity contribution in [1.82, 2.24) is 9.62 Å². The Morgan fingerprint density at radius 2 is 1.71 bits per heavy atom. The highest BCUT2D eigenvalue weighted by Gasteiger charge is 2.33. The Balaban J connectivity index is 1.32. The van der Waals surface area contributed by atoms with Crippen molar-refractivity contribution in [3.05, 3.63) is 59.2 Å². The largest absolute Gasteiger partial charge is 0.573 e. The highest BCUT2D eigenvalue weighted by molar-refractivity contribution is 7.89. The number of rotatable bonds is 6. The molecule has 1 amide bonds. The Morgan fingerprint density at radius 1 is 1.06 bits per heavy atom. The van der Waals surface area contributed by atoms with Crippen molar-refractivity contribution >= 4 is 15.9 Å². The van der Waals surface area contributed by atoms with E-state index in [0.717, 1.165) is 24.8 Å². The van der Waals surface area contributed by atoms with Gasteiger partial charge < -0.3 is 10.1 Å². The number of hydrogen-bond donors (Lipinski definition) is 1. The van der Waals surface area contributed by atoms with Gasteiger partial charge in [0.05, 0.1) is 10.9 Å². The van der Waals surface area contributed by atoms with Gasteiger partial charge in [-0.05, 0) is 80.0 Å². The summed E-state index contributed by atoms with van der Waals surface area (Å²) in [5, 5.41) is 2.88. The number of carbonyl (C=O) groups is 1. The maximum Gasteiger partial charge on any atom is 0.573 e. The summed E-state index contributed by atoms with van der Waals surface area (Å²) in [7, 11) is -3.61. The van der Waals surface area contributed by atoms with E-state index in [1.807, 2.05) is 6.07 Å². The lowest BCUT2D eigenvalue weighted by atomic mass is 9.96. The maximum absolute atomic E-state index is 13.1. The van der Waals surface area contributed by atoms with Crippen LogP contribution < -0.4 is 10.1 Å². The normalized spacial score (nSPS) is 18.4. The molecule has 0 bridgehead atoms. The Bertz CT molecular complexity index is 1140. The lowest BCUT2D eigenvalue weighted by Gasteiger charge is -2.31. The molecule has 34 heavy (non-hydrogen) atoms. The van der Waals surface area contributed by atoms with Gasteiger partial charge in [0.2, 0.25) is 15.9 Å². The minimum atomic E-state index is -4.76. The molecule has 10 heteroatoms. The first-order chi connectivity index (χ1) is 16.0. The molecular weight excluding hydrogens is 469 g/mol. The van der Waals surface area contributed by atoms with E-state index in [2.05, 4.69) is 10.1 Å². The number of sulfonamides is 1. The van der Waals surface area contributed by atoms with Gasteiger partial charge in [0.1, 0.15) is 5.75 Å². The zero-order chi connectivity index (χ0) is 24.5. The van der Waals surface area contributed by atoms with Gasteiger partial charge in [0.25, 0.3) is 0 Å². The van der Waals surface area contributed by atoms with Gasteiger partial charge in [-0.3, -0.25) is 4.79 Å². The molecule has 1 N–H and O–H groups in total. The van der Waals surface area contributed by atoms with Crippen LogP contribution in [0.5, 0.6) is 5.75 Å². The van der Waals surface area contributed by atoms with Crippen molar-refractivity contribution < 1.29 is 31.1 Å². The molecule has 1 fully saturated rings. The standard InChI is InChI=1S/C24H27F3N2O4S/c1-16(17-5-8-21(9-6-17)33-24(25,26)27)28-23(30)19-11-13-29(14-12-19)34(31,32)22-10-7-18-3-2-4-20(18)15-22/h5-10,15-16,19H,2-4,11-14H2,1H3,(H,28,30). The zero-order valence-corrected chi connectivity index (χ0v) is 19.6. The van der Waals surface area contributed by atoms with Crippen molar-refractivity contribution in [3.63, 3.8) is 0 Å². The second kappa shape index (κ2) is 9.58. The van der Waals surface area contributed by atoms with Crippen LogP contribution in [-0.2, 0) is 27.7 Å². The highest BCUT2D eigenvalue weighted by atomic mass is 32.2. The third kappa shape index (κ3) is 5.55. The number of hydrogen-bond acceptors (Lipinski definition) is 4. The predicted molar refractivity (Wildman–Crippen MR) is 120 cm³/mol. The van der Waals surface area contributed by atoms with Crippen molar-refractivity contribution in [2.24, 2.45) is 5.92 Å². The Kier molecular flexibility index (Phi) is 6.91. The van der Waals surface area contributed by atoms with E-state index >= 15 is 0 Å². The van der Waals surface area contributed by atoms with Crippen LogP contribution in [0.15, 0.2) is 47.4 Å². The fourth-order valence-electron chi connectivity index (χ4n) is 4.59. The van der Waals surface area contributed by atoms with E-state index in [1.165, 1.54) is 34.1 Å². The average molecular weight is 497 g/mol. The summed E-state index contributed by atoms with van der Waals surface area (Å²) in [6.07, 6.45) is -1.02. The molecule has 6 nitrogen and oxygen atoms in total. The van der Waals surface area contributed by atoms with Crippen LogP contribution in [0.3, 0.4) is 0 Å². The summed E-state index contributed by atoms with van der Waals surface area (Å²) < 4.78 is 68.4. The van der Waals surface area contributed by atoms with E-state index in [9.17, 15) is 26.4 Å². The first kappa shape index (κ1) is 24.5. The van der Waals surface area contributed by atoms with E-state index in [1.54, 1.807) is 19.1 Å². The number of benzene rings is 2. The number of ether oxygens (including phenoxy) is 1. The van der Waals surface area contributed by atoms with Gasteiger partial charge in [-0.2, -0.15) is 4.31 Å². The van der Waals surface area contributed by atoms with Crippen LogP contribution in [0.4, 0.5) is 13.2 Å². The molecule has 1 saturated heterocycles. The Morgan fingerprint density at radius 3 is 2.35 bits per heavy atom. The van der Waals surface area contributed by atoms with E-state index < -0.39 is 22.4 Å². The summed E-state index contributed by atoms with van der Waals surface area (Å²) in [6, 6.07) is 10.3. The summed E-state index contributed by atoms with van der Waals surface area (Å²) in [5.74, 6) is -0.855. The summed E-state index contributed by atoms with van der Waals surface area (Å²) >= 11 is 0. The molecule has 0 radical (unpaired) electrons. The monoisotopic (exact) mass is 496 g/mol. The number of aryl methyl sites for hydroxylation is 2. The van der Waals surface area contributed by atoms with Crippen molar-refractivity contribution in [1.29, 1.82) is 0 Å². The van der Waals surface area contributed by atoms with Gasteiger partial charge >= 0.3 is 6.36 Å². The SMILES string of the molecule is CC(NC(=O)C1CCN(S(=O)(=O)c2ccc3c(c2)CCC3)CC1)c1ccc(OC(F)(F)F)cc1. The predicted octanol–water partition coefficient (Wildman–Crippen LogP) is 4.35. The van der Waals surface area contributed by atoms with Gasteiger partial charge in [-0.1, -0.05) is 18.2 Å². The van der Waals surface area contributed by atoms with Crippen LogP contribution in [0.1, 0.15) is 48.9 Å². The van der Waals surface area contributed by atoms with Gasteiger partial charge in [0, 0.05) is 19.0 Å². The van der Waals surface area contributed by atoms with Crippen molar-refractivity contribution in [2.75, 3.05) is 13.1 Å². The average Bonchev–Trinajstić information content (AvgIpc) is 3.26. The van der Waals surface area contributed by atoms with Crippen molar-refractivity contribution in [3.8, 4) is 5.75 Å². The maximum atomic E-state index is 13.1. The molecule has 1 unspecified atom stereocenters. The third-order valence-electron chi connectivity index (χ3n) is 6.50. The zero-order valence-electron chi connectivity index (χ0n) is 18.8. The first-order valence-electron chi connectivity index (χ1n) is 11.3. The number of nitrogens with zero attached hydrogens (tertiary/aromatic N) is 1. The molecule has 1 aliphatic carbocycles. The molecule has 1 aliphatic heterocycles. The van der Waals surface area contributed by atoms with Crippen LogP contribution in [-0.4, -0.2) is 38.1 Å². The number of halogens is 3. The molecule has 0 saturated carbocycles. The number of fused-ring (bicyclic) bond motifs is 1. The topological polar surface area (TPSA) is 75.7 Å². The number of alkyl halides is 3. The van der Waals surface area contributed by atoms with Crippen LogP contribution >= 0.6 is 0 Å². The number of nitrogens with one attached hydrogen (secondary N) is 1. The lowest BCUT2D eigenvalue weighted by molar-refractivity contribution is -0.274. The Hall–Kier alpha value is -2.59. The summed E-state index contributed by atoms with van der Waals surface area (Å²) in [4.78, 5) is 13.0. The van der Waals surface area contributed by atoms with E-state index in [0.29, 0.717) is 23.3 Å². The van der Waals surface area contributed by atoms with Crippen molar-refractivity contribution in [2.45, 2.75) is 56.3 Å². The highest BCUT2D eigenvalue weighted by Crippen LogP contribution is 2.29. The number of carbonyl (C=O) groups excluding carboxylic acids is 1. The quantitative estimate of drug-likeness (QED) is 0.645. The van der Waals surface area contributed by atoms with Gasteiger partial charge in [0.15, 0.2) is 0 Å². The summed E-state index contributed by atoms with van der Waals surface area (Å²) in [5.41, 5.74) is 2.95. The lowest BCUT2D eigenvalue weighted by Crippen LogP contribution is -2.43. The molecular formula is C24H27F3N2O4S. The second-order valence-electron chi connectivity index (χ2n) is 8.81. The molecule has 2 aliphatic rings. The molecule has 1 atom stereocenters. The van der Waals surface area contributed by atoms with Gasteiger partial charge in [-0.25, -0.2) is 8.42 Å². The minimum absolute atomic E-state index is 0.197. The van der Waals surface area contributed by atoms with E-state index in [-0.39, 0.29) is 30.7 Å². The van der Waals surface area contributed by atoms with Gasteiger partial charge in [-0.15, -0.1) is 13.2 Å². The van der Waals surface area contributed by atoms with Crippen LogP contribution in [0.2, 0.25) is 0 Å². The first-order valence-corrected chi connectivity index (χ1v) is 12.7.